The van der Waals surface area contributed by atoms with E-state index >= 15 is 0 Å². The summed E-state index contributed by atoms with van der Waals surface area (Å²) in [7, 11) is 0. The quantitative estimate of drug-likeness (QED) is 0.317. The molecule has 8 heteroatoms. The van der Waals surface area contributed by atoms with E-state index in [9.17, 15) is 24.3 Å². The number of fused-ring (bicyclic) bond motifs is 5. The van der Waals surface area contributed by atoms with Crippen LogP contribution < -0.4 is 0 Å². The normalized spacial score (nSPS) is 43.5. The maximum atomic E-state index is 13.9. The van der Waals surface area contributed by atoms with E-state index in [-0.39, 0.29) is 54.1 Å². The zero-order valence-corrected chi connectivity index (χ0v) is 22.7. The SMILES string of the molecule is CCC(=O)OCC(=O)[C@@]1(OC(=O)CC)[C@H](C)C[C@H]2[C@H]3[C@H]([C@@H](O)C[C@@]21C)[C@@]1(C)CCC(=O)CC1=C[C@H]3Cl. The van der Waals surface area contributed by atoms with Crippen LogP contribution in [0.15, 0.2) is 11.6 Å². The Hall–Kier alpha value is -1.73. The van der Waals surface area contributed by atoms with Gasteiger partial charge in [-0.1, -0.05) is 46.3 Å². The highest BCUT2D eigenvalue weighted by atomic mass is 35.5. The second-order valence-corrected chi connectivity index (χ2v) is 12.3. The first-order valence-electron chi connectivity index (χ1n) is 13.3. The molecule has 0 bridgehead atoms. The predicted octanol–water partition coefficient (Wildman–Crippen LogP) is 4.17. The van der Waals surface area contributed by atoms with Gasteiger partial charge >= 0.3 is 11.9 Å². The monoisotopic (exact) mass is 522 g/mol. The van der Waals surface area contributed by atoms with E-state index in [0.29, 0.717) is 25.7 Å². The lowest BCUT2D eigenvalue weighted by Crippen LogP contribution is -2.65. The van der Waals surface area contributed by atoms with E-state index in [0.717, 1.165) is 5.57 Å². The van der Waals surface area contributed by atoms with Crippen molar-refractivity contribution in [2.45, 2.75) is 96.6 Å². The molecule has 1 N–H and O–H groups in total. The van der Waals surface area contributed by atoms with E-state index in [1.54, 1.807) is 13.8 Å². The molecule has 0 amide bonds. The molecule has 0 spiro atoms. The van der Waals surface area contributed by atoms with E-state index in [4.69, 9.17) is 21.1 Å². The van der Waals surface area contributed by atoms with Crippen molar-refractivity contribution in [2.75, 3.05) is 6.61 Å². The van der Waals surface area contributed by atoms with Gasteiger partial charge in [0.1, 0.15) is 5.78 Å². The molecular formula is C28H39ClO7. The Morgan fingerprint density at radius 2 is 1.83 bits per heavy atom. The third kappa shape index (κ3) is 3.87. The van der Waals surface area contributed by atoms with Gasteiger partial charge in [-0.15, -0.1) is 11.6 Å². The Morgan fingerprint density at radius 1 is 1.17 bits per heavy atom. The minimum Gasteiger partial charge on any atom is -0.457 e. The second kappa shape index (κ2) is 9.54. The number of ether oxygens (including phenoxy) is 2. The lowest BCUT2D eigenvalue weighted by molar-refractivity contribution is -0.206. The smallest absolute Gasteiger partial charge is 0.306 e. The number of carbonyl (C=O) groups is 4. The van der Waals surface area contributed by atoms with Gasteiger partial charge in [0.25, 0.3) is 0 Å². The fourth-order valence-corrected chi connectivity index (χ4v) is 8.82. The van der Waals surface area contributed by atoms with Crippen molar-refractivity contribution >= 4 is 35.1 Å². The number of aliphatic hydroxyl groups excluding tert-OH is 1. The molecular weight excluding hydrogens is 484 g/mol. The molecule has 4 aliphatic carbocycles. The Morgan fingerprint density at radius 3 is 2.47 bits per heavy atom. The van der Waals surface area contributed by atoms with Gasteiger partial charge in [-0.2, -0.15) is 0 Å². The molecule has 0 aromatic rings. The van der Waals surface area contributed by atoms with Gasteiger partial charge in [0.15, 0.2) is 12.2 Å². The Balaban J connectivity index is 1.79. The van der Waals surface area contributed by atoms with Crippen LogP contribution in [0.1, 0.15) is 79.6 Å². The molecule has 0 radical (unpaired) electrons. The molecule has 4 rings (SSSR count). The standard InChI is InChI=1S/C28H39ClO7/c1-6-22(33)35-14-21(32)28(36-23(34)7-2)15(3)10-18-24-19(29)12-16-11-17(30)8-9-26(16,4)25(24)20(31)13-27(18,28)5/h12,15,18-20,24-25,31H,6-11,13-14H2,1-5H3/t15-,18+,19-,20+,24-,25+,26+,27+,28+/m1/s1. The summed E-state index contributed by atoms with van der Waals surface area (Å²) in [5, 5.41) is 11.3. The molecule has 4 aliphatic rings. The summed E-state index contributed by atoms with van der Waals surface area (Å²) in [5.74, 6) is -2.02. The van der Waals surface area contributed by atoms with E-state index < -0.39 is 46.8 Å². The molecule has 0 saturated heterocycles. The topological polar surface area (TPSA) is 107 Å². The van der Waals surface area contributed by atoms with Crippen LogP contribution in [0.4, 0.5) is 0 Å². The number of Topliss-reactive ketones (excluding diaryl/α,β-unsaturated/α-hetero) is 2. The number of ketones is 2. The highest BCUT2D eigenvalue weighted by Gasteiger charge is 2.73. The first-order valence-corrected chi connectivity index (χ1v) is 13.7. The van der Waals surface area contributed by atoms with Crippen molar-refractivity contribution in [3.05, 3.63) is 11.6 Å². The lowest BCUT2D eigenvalue weighted by Gasteiger charge is -2.61. The Labute approximate surface area is 218 Å². The van der Waals surface area contributed by atoms with Crippen molar-refractivity contribution in [1.29, 1.82) is 0 Å². The van der Waals surface area contributed by atoms with Gasteiger partial charge in [-0.25, -0.2) is 0 Å². The minimum atomic E-state index is -1.53. The molecule has 200 valence electrons. The highest BCUT2D eigenvalue weighted by molar-refractivity contribution is 6.22. The van der Waals surface area contributed by atoms with Gasteiger partial charge in [0.05, 0.1) is 11.5 Å². The maximum Gasteiger partial charge on any atom is 0.306 e. The molecule has 0 unspecified atom stereocenters. The molecule has 0 heterocycles. The van der Waals surface area contributed by atoms with Crippen molar-refractivity contribution in [3.63, 3.8) is 0 Å². The van der Waals surface area contributed by atoms with Gasteiger partial charge < -0.3 is 14.6 Å². The van der Waals surface area contributed by atoms with E-state index in [1.807, 2.05) is 19.9 Å². The van der Waals surface area contributed by atoms with E-state index in [2.05, 4.69) is 6.92 Å². The minimum absolute atomic E-state index is 0.0994. The number of hydrogen-bond donors (Lipinski definition) is 1. The van der Waals surface area contributed by atoms with Crippen molar-refractivity contribution < 1.29 is 33.8 Å². The number of esters is 2. The number of allylic oxidation sites excluding steroid dienone is 2. The third-order valence-electron chi connectivity index (χ3n) is 10.0. The molecule has 0 aromatic heterocycles. The van der Waals surface area contributed by atoms with Gasteiger partial charge in [-0.05, 0) is 42.4 Å². The van der Waals surface area contributed by atoms with Crippen LogP contribution >= 0.6 is 11.6 Å². The van der Waals surface area contributed by atoms with Crippen LogP contribution in [0.3, 0.4) is 0 Å². The summed E-state index contributed by atoms with van der Waals surface area (Å²) in [6, 6.07) is 0. The van der Waals surface area contributed by atoms with Crippen LogP contribution in [-0.2, 0) is 28.7 Å². The molecule has 7 nitrogen and oxygen atoms in total. The van der Waals surface area contributed by atoms with Crippen molar-refractivity contribution in [2.24, 2.45) is 34.5 Å². The maximum absolute atomic E-state index is 13.9. The molecule has 0 aliphatic heterocycles. The third-order valence-corrected chi connectivity index (χ3v) is 10.5. The number of aliphatic hydroxyl groups is 1. The Bertz CT molecular complexity index is 990. The summed E-state index contributed by atoms with van der Waals surface area (Å²) in [6.45, 7) is 8.82. The number of carbonyl (C=O) groups excluding carboxylic acids is 4. The highest BCUT2D eigenvalue weighted by Crippen LogP contribution is 2.69. The van der Waals surface area contributed by atoms with Crippen LogP contribution in [-0.4, -0.2) is 52.3 Å². The van der Waals surface area contributed by atoms with E-state index in [1.165, 1.54) is 0 Å². The van der Waals surface area contributed by atoms with Crippen LogP contribution in [0.2, 0.25) is 0 Å². The number of alkyl halides is 1. The zero-order chi connectivity index (χ0) is 26.6. The summed E-state index contributed by atoms with van der Waals surface area (Å²) >= 11 is 7.03. The average Bonchev–Trinajstić information content (AvgIpc) is 3.04. The largest absolute Gasteiger partial charge is 0.457 e. The fraction of sp³-hybridized carbons (Fsp3) is 0.786. The number of halogens is 1. The fourth-order valence-electron chi connectivity index (χ4n) is 8.34. The zero-order valence-electron chi connectivity index (χ0n) is 22.0. The van der Waals surface area contributed by atoms with Crippen LogP contribution in [0.25, 0.3) is 0 Å². The summed E-state index contributed by atoms with van der Waals surface area (Å²) in [5.41, 5.74) is -1.76. The molecule has 3 fully saturated rings. The summed E-state index contributed by atoms with van der Waals surface area (Å²) in [4.78, 5) is 50.7. The number of rotatable bonds is 6. The average molecular weight is 523 g/mol. The molecule has 0 aromatic carbocycles. The molecule has 36 heavy (non-hydrogen) atoms. The predicted molar refractivity (Wildman–Crippen MR) is 133 cm³/mol. The van der Waals surface area contributed by atoms with Gasteiger partial charge in [-0.3, -0.25) is 19.2 Å². The molecule has 9 atom stereocenters. The van der Waals surface area contributed by atoms with Crippen molar-refractivity contribution in [3.8, 4) is 0 Å². The summed E-state index contributed by atoms with van der Waals surface area (Å²) in [6.07, 6.45) is 3.81. The van der Waals surface area contributed by atoms with Crippen molar-refractivity contribution in [1.82, 2.24) is 0 Å². The Kier molecular flexibility index (Phi) is 7.24. The van der Waals surface area contributed by atoms with Gasteiger partial charge in [0, 0.05) is 37.0 Å². The van der Waals surface area contributed by atoms with Crippen LogP contribution in [0.5, 0.6) is 0 Å². The molecule has 3 saturated carbocycles. The van der Waals surface area contributed by atoms with Gasteiger partial charge in [0.2, 0.25) is 5.78 Å². The van der Waals surface area contributed by atoms with Crippen LogP contribution in [0, 0.1) is 34.5 Å². The number of hydrogen-bond acceptors (Lipinski definition) is 7. The second-order valence-electron chi connectivity index (χ2n) is 11.8. The first kappa shape index (κ1) is 27.3. The lowest BCUT2D eigenvalue weighted by atomic mass is 9.45. The first-order chi connectivity index (χ1) is 16.9. The summed E-state index contributed by atoms with van der Waals surface area (Å²) < 4.78 is 11.3.